The SMILES string of the molecule is CCc1nc2ccccc2nc1Cl. The molecule has 0 aliphatic rings. The lowest BCUT2D eigenvalue weighted by Gasteiger charge is -2.01. The summed E-state index contributed by atoms with van der Waals surface area (Å²) in [4.78, 5) is 8.65. The average molecular weight is 193 g/mol. The number of hydrogen-bond donors (Lipinski definition) is 0. The van der Waals surface area contributed by atoms with Crippen LogP contribution in [0.25, 0.3) is 11.0 Å². The molecule has 0 spiro atoms. The Morgan fingerprint density at radius 1 is 1.15 bits per heavy atom. The zero-order valence-electron chi connectivity index (χ0n) is 7.29. The Bertz CT molecular complexity index is 440. The highest BCUT2D eigenvalue weighted by molar-refractivity contribution is 6.30. The molecule has 1 heterocycles. The van der Waals surface area contributed by atoms with E-state index in [1.54, 1.807) is 0 Å². The summed E-state index contributed by atoms with van der Waals surface area (Å²) in [6, 6.07) is 7.73. The molecule has 2 rings (SSSR count). The third-order valence-electron chi connectivity index (χ3n) is 1.93. The number of aryl methyl sites for hydroxylation is 1. The van der Waals surface area contributed by atoms with Gasteiger partial charge in [-0.15, -0.1) is 0 Å². The van der Waals surface area contributed by atoms with Crippen LogP contribution in [0.3, 0.4) is 0 Å². The van der Waals surface area contributed by atoms with Crippen molar-refractivity contribution in [1.29, 1.82) is 0 Å². The highest BCUT2D eigenvalue weighted by Gasteiger charge is 2.03. The molecule has 0 radical (unpaired) electrons. The van der Waals surface area contributed by atoms with Gasteiger partial charge in [-0.25, -0.2) is 9.97 Å². The summed E-state index contributed by atoms with van der Waals surface area (Å²) in [6.07, 6.45) is 0.816. The van der Waals surface area contributed by atoms with E-state index in [2.05, 4.69) is 9.97 Å². The highest BCUT2D eigenvalue weighted by atomic mass is 35.5. The Labute approximate surface area is 81.6 Å². The smallest absolute Gasteiger partial charge is 0.151 e. The fraction of sp³-hybridized carbons (Fsp3) is 0.200. The van der Waals surface area contributed by atoms with Crippen molar-refractivity contribution in [1.82, 2.24) is 9.97 Å². The number of benzene rings is 1. The molecule has 1 aromatic carbocycles. The first kappa shape index (κ1) is 8.45. The van der Waals surface area contributed by atoms with Crippen molar-refractivity contribution in [3.63, 3.8) is 0 Å². The maximum atomic E-state index is 5.93. The number of fused-ring (bicyclic) bond motifs is 1. The lowest BCUT2D eigenvalue weighted by molar-refractivity contribution is 1.03. The quantitative estimate of drug-likeness (QED) is 0.695. The Hall–Kier alpha value is -1.15. The zero-order valence-corrected chi connectivity index (χ0v) is 8.04. The lowest BCUT2D eigenvalue weighted by Crippen LogP contribution is -1.93. The second-order valence-electron chi connectivity index (χ2n) is 2.80. The molecule has 0 bridgehead atoms. The van der Waals surface area contributed by atoms with Gasteiger partial charge in [-0.3, -0.25) is 0 Å². The predicted octanol–water partition coefficient (Wildman–Crippen LogP) is 2.85. The molecule has 0 saturated heterocycles. The van der Waals surface area contributed by atoms with Crippen LogP contribution < -0.4 is 0 Å². The zero-order chi connectivity index (χ0) is 9.26. The Morgan fingerprint density at radius 3 is 2.38 bits per heavy atom. The largest absolute Gasteiger partial charge is 0.248 e. The van der Waals surface area contributed by atoms with Gasteiger partial charge in [0.05, 0.1) is 16.7 Å². The third-order valence-corrected chi connectivity index (χ3v) is 2.23. The monoisotopic (exact) mass is 192 g/mol. The number of nitrogens with zero attached hydrogens (tertiary/aromatic N) is 2. The molecule has 0 fully saturated rings. The Kier molecular flexibility index (Phi) is 2.15. The van der Waals surface area contributed by atoms with E-state index in [9.17, 15) is 0 Å². The minimum Gasteiger partial charge on any atom is -0.248 e. The molecule has 0 saturated carbocycles. The minimum absolute atomic E-state index is 0.515. The highest BCUT2D eigenvalue weighted by Crippen LogP contribution is 2.16. The van der Waals surface area contributed by atoms with Crippen LogP contribution in [0.5, 0.6) is 0 Å². The van der Waals surface area contributed by atoms with E-state index in [4.69, 9.17) is 11.6 Å². The Balaban J connectivity index is 2.74. The average Bonchev–Trinajstić information content (AvgIpc) is 2.17. The number of aromatic nitrogens is 2. The Morgan fingerprint density at radius 2 is 1.77 bits per heavy atom. The van der Waals surface area contributed by atoms with Gasteiger partial charge in [0.2, 0.25) is 0 Å². The maximum Gasteiger partial charge on any atom is 0.151 e. The first-order valence-corrected chi connectivity index (χ1v) is 4.60. The first-order valence-electron chi connectivity index (χ1n) is 4.22. The fourth-order valence-corrected chi connectivity index (χ4v) is 1.51. The van der Waals surface area contributed by atoms with Crippen molar-refractivity contribution in [3.05, 3.63) is 35.1 Å². The predicted molar refractivity (Wildman–Crippen MR) is 53.9 cm³/mol. The molecule has 0 N–H and O–H groups in total. The van der Waals surface area contributed by atoms with Gasteiger partial charge in [0, 0.05) is 0 Å². The van der Waals surface area contributed by atoms with Gasteiger partial charge in [0.1, 0.15) is 0 Å². The second-order valence-corrected chi connectivity index (χ2v) is 3.16. The van der Waals surface area contributed by atoms with Crippen LogP contribution in [-0.2, 0) is 6.42 Å². The van der Waals surface area contributed by atoms with E-state index < -0.39 is 0 Å². The molecule has 0 unspecified atom stereocenters. The molecule has 3 heteroatoms. The first-order chi connectivity index (χ1) is 6.31. The van der Waals surface area contributed by atoms with Crippen molar-refractivity contribution in [2.75, 3.05) is 0 Å². The van der Waals surface area contributed by atoms with Gasteiger partial charge in [0.15, 0.2) is 5.15 Å². The van der Waals surface area contributed by atoms with Crippen LogP contribution in [0.1, 0.15) is 12.6 Å². The molecule has 66 valence electrons. The second kappa shape index (κ2) is 3.30. The molecule has 0 amide bonds. The number of halogens is 1. The maximum absolute atomic E-state index is 5.93. The summed E-state index contributed by atoms with van der Waals surface area (Å²) in [7, 11) is 0. The van der Waals surface area contributed by atoms with E-state index >= 15 is 0 Å². The van der Waals surface area contributed by atoms with Crippen LogP contribution in [0.2, 0.25) is 5.15 Å². The van der Waals surface area contributed by atoms with E-state index in [-0.39, 0.29) is 0 Å². The van der Waals surface area contributed by atoms with Gasteiger partial charge in [-0.05, 0) is 18.6 Å². The van der Waals surface area contributed by atoms with E-state index in [0.717, 1.165) is 23.1 Å². The number of rotatable bonds is 1. The van der Waals surface area contributed by atoms with E-state index in [1.807, 2.05) is 31.2 Å². The van der Waals surface area contributed by atoms with Gasteiger partial charge in [-0.2, -0.15) is 0 Å². The van der Waals surface area contributed by atoms with Crippen molar-refractivity contribution in [3.8, 4) is 0 Å². The van der Waals surface area contributed by atoms with Crippen LogP contribution in [0.15, 0.2) is 24.3 Å². The van der Waals surface area contributed by atoms with Gasteiger partial charge >= 0.3 is 0 Å². The standard InChI is InChI=1S/C10H9ClN2/c1-2-7-10(11)13-9-6-4-3-5-8(9)12-7/h3-6H,2H2,1H3. The van der Waals surface area contributed by atoms with E-state index in [1.165, 1.54) is 0 Å². The molecule has 2 aromatic rings. The van der Waals surface area contributed by atoms with Crippen molar-refractivity contribution in [2.45, 2.75) is 13.3 Å². The lowest BCUT2D eigenvalue weighted by atomic mass is 10.3. The van der Waals surface area contributed by atoms with Crippen molar-refractivity contribution < 1.29 is 0 Å². The third kappa shape index (κ3) is 1.49. The molecule has 0 aliphatic heterocycles. The van der Waals surface area contributed by atoms with Crippen molar-refractivity contribution >= 4 is 22.6 Å². The summed E-state index contributed by atoms with van der Waals surface area (Å²) in [5, 5.41) is 0.515. The normalized spacial score (nSPS) is 10.6. The van der Waals surface area contributed by atoms with E-state index in [0.29, 0.717) is 5.15 Å². The topological polar surface area (TPSA) is 25.8 Å². The summed E-state index contributed by atoms with van der Waals surface area (Å²) in [5.41, 5.74) is 2.62. The fourth-order valence-electron chi connectivity index (χ4n) is 1.24. The minimum atomic E-state index is 0.515. The van der Waals surface area contributed by atoms with Crippen LogP contribution >= 0.6 is 11.6 Å². The van der Waals surface area contributed by atoms with Gasteiger partial charge in [0.25, 0.3) is 0 Å². The summed E-state index contributed by atoms with van der Waals surface area (Å²) >= 11 is 5.93. The molecular formula is C10H9ClN2. The van der Waals surface area contributed by atoms with Crippen molar-refractivity contribution in [2.24, 2.45) is 0 Å². The molecule has 2 nitrogen and oxygen atoms in total. The van der Waals surface area contributed by atoms with Crippen LogP contribution in [0, 0.1) is 0 Å². The molecule has 1 aromatic heterocycles. The summed E-state index contributed by atoms with van der Waals surface area (Å²) in [5.74, 6) is 0. The summed E-state index contributed by atoms with van der Waals surface area (Å²) in [6.45, 7) is 2.02. The van der Waals surface area contributed by atoms with Gasteiger partial charge in [-0.1, -0.05) is 30.7 Å². The summed E-state index contributed by atoms with van der Waals surface area (Å²) < 4.78 is 0. The molecular weight excluding hydrogens is 184 g/mol. The molecule has 0 aliphatic carbocycles. The van der Waals surface area contributed by atoms with Gasteiger partial charge < -0.3 is 0 Å². The number of para-hydroxylation sites is 2. The van der Waals surface area contributed by atoms with Crippen LogP contribution in [0.4, 0.5) is 0 Å². The number of hydrogen-bond acceptors (Lipinski definition) is 2. The molecule has 0 atom stereocenters. The molecule has 13 heavy (non-hydrogen) atoms. The van der Waals surface area contributed by atoms with Crippen LogP contribution in [-0.4, -0.2) is 9.97 Å².